The molecule has 5 aromatic rings. The van der Waals surface area contributed by atoms with Crippen LogP contribution in [0.3, 0.4) is 0 Å². The van der Waals surface area contributed by atoms with Crippen molar-refractivity contribution in [3.63, 3.8) is 0 Å². The van der Waals surface area contributed by atoms with Crippen LogP contribution in [0.25, 0.3) is 23.3 Å². The maximum Gasteiger partial charge on any atom is 0.0484 e. The molecule has 2 N–H and O–H groups in total. The molecule has 0 heterocycles. The summed E-state index contributed by atoms with van der Waals surface area (Å²) in [5.74, 6) is 0. The number of nitrogens with one attached hydrogen (secondary N) is 2. The van der Waals surface area contributed by atoms with E-state index >= 15 is 0 Å². The van der Waals surface area contributed by atoms with Gasteiger partial charge in [0.25, 0.3) is 0 Å². The van der Waals surface area contributed by atoms with E-state index in [1.807, 2.05) is 42.5 Å². The van der Waals surface area contributed by atoms with Gasteiger partial charge in [-0.2, -0.15) is 0 Å². The van der Waals surface area contributed by atoms with E-state index in [0.717, 1.165) is 28.3 Å². The van der Waals surface area contributed by atoms with E-state index in [-0.39, 0.29) is 0 Å². The zero-order valence-electron chi connectivity index (χ0n) is 18.9. The van der Waals surface area contributed by atoms with E-state index < -0.39 is 0 Å². The van der Waals surface area contributed by atoms with E-state index in [1.54, 1.807) is 0 Å². The SMILES string of the molecule is C(=C\c1ccccc1-c1ccc(Nc2ccccc2)cc1Nc1ccccc1)/c1ccccc1. The summed E-state index contributed by atoms with van der Waals surface area (Å²) in [7, 11) is 0. The minimum atomic E-state index is 1.03. The van der Waals surface area contributed by atoms with Crippen LogP contribution in [0.1, 0.15) is 11.1 Å². The summed E-state index contributed by atoms with van der Waals surface area (Å²) >= 11 is 0. The van der Waals surface area contributed by atoms with E-state index in [0.29, 0.717) is 0 Å². The van der Waals surface area contributed by atoms with Gasteiger partial charge in [0, 0.05) is 28.3 Å². The molecule has 5 rings (SSSR count). The Morgan fingerprint density at radius 1 is 0.412 bits per heavy atom. The molecular formula is C32H26N2. The predicted octanol–water partition coefficient (Wildman–Crippen LogP) is 9.01. The third-order valence-corrected chi connectivity index (χ3v) is 5.64. The van der Waals surface area contributed by atoms with Gasteiger partial charge in [-0.15, -0.1) is 0 Å². The second-order valence-electron chi connectivity index (χ2n) is 8.07. The van der Waals surface area contributed by atoms with Crippen molar-refractivity contribution in [2.45, 2.75) is 0 Å². The summed E-state index contributed by atoms with van der Waals surface area (Å²) in [4.78, 5) is 0. The monoisotopic (exact) mass is 438 g/mol. The largest absolute Gasteiger partial charge is 0.355 e. The molecule has 0 aliphatic heterocycles. The lowest BCUT2D eigenvalue weighted by atomic mass is 9.96. The van der Waals surface area contributed by atoms with Gasteiger partial charge in [-0.05, 0) is 53.1 Å². The first kappa shape index (κ1) is 21.3. The number of rotatable bonds is 7. The molecule has 0 aliphatic carbocycles. The topological polar surface area (TPSA) is 24.1 Å². The van der Waals surface area contributed by atoms with Gasteiger partial charge in [-0.3, -0.25) is 0 Å². The standard InChI is InChI=1S/C32H26N2/c1-4-12-25(13-5-1)20-21-26-14-10-11-19-30(26)31-23-22-29(33-27-15-6-2-7-16-27)24-32(31)34-28-17-8-3-9-18-28/h1-24,33-34H/b21-20+. The lowest BCUT2D eigenvalue weighted by molar-refractivity contribution is 1.50. The Hall–Kier alpha value is -4.56. The Kier molecular flexibility index (Phi) is 6.50. The minimum absolute atomic E-state index is 1.03. The van der Waals surface area contributed by atoms with Crippen LogP contribution in [-0.4, -0.2) is 0 Å². The Morgan fingerprint density at radius 2 is 1.00 bits per heavy atom. The van der Waals surface area contributed by atoms with Crippen molar-refractivity contribution in [2.24, 2.45) is 0 Å². The van der Waals surface area contributed by atoms with Crippen molar-refractivity contribution >= 4 is 34.9 Å². The molecule has 0 spiro atoms. The lowest BCUT2D eigenvalue weighted by Gasteiger charge is -2.17. The summed E-state index contributed by atoms with van der Waals surface area (Å²) < 4.78 is 0. The fourth-order valence-electron chi connectivity index (χ4n) is 3.96. The molecule has 5 aromatic carbocycles. The molecule has 0 bridgehead atoms. The fourth-order valence-corrected chi connectivity index (χ4v) is 3.96. The number of hydrogen-bond donors (Lipinski definition) is 2. The van der Waals surface area contributed by atoms with E-state index in [4.69, 9.17) is 0 Å². The van der Waals surface area contributed by atoms with Crippen molar-refractivity contribution in [2.75, 3.05) is 10.6 Å². The first-order valence-corrected chi connectivity index (χ1v) is 11.5. The molecule has 0 saturated carbocycles. The molecule has 2 nitrogen and oxygen atoms in total. The molecule has 0 saturated heterocycles. The Bertz CT molecular complexity index is 1370. The second kappa shape index (κ2) is 10.4. The highest BCUT2D eigenvalue weighted by Crippen LogP contribution is 2.36. The molecule has 0 radical (unpaired) electrons. The summed E-state index contributed by atoms with van der Waals surface area (Å²) in [6, 6.07) is 46.0. The molecule has 34 heavy (non-hydrogen) atoms. The van der Waals surface area contributed by atoms with Crippen LogP contribution in [0.4, 0.5) is 22.7 Å². The first-order chi connectivity index (χ1) is 16.8. The highest BCUT2D eigenvalue weighted by molar-refractivity contribution is 5.89. The molecule has 164 valence electrons. The quantitative estimate of drug-likeness (QED) is 0.248. The lowest BCUT2D eigenvalue weighted by Crippen LogP contribution is -1.97. The molecule has 0 aliphatic rings. The minimum Gasteiger partial charge on any atom is -0.355 e. The number of para-hydroxylation sites is 2. The summed E-state index contributed by atoms with van der Waals surface area (Å²) in [5.41, 5.74) is 8.88. The Morgan fingerprint density at radius 3 is 1.71 bits per heavy atom. The van der Waals surface area contributed by atoms with Crippen LogP contribution in [0.2, 0.25) is 0 Å². The zero-order valence-corrected chi connectivity index (χ0v) is 18.9. The first-order valence-electron chi connectivity index (χ1n) is 11.5. The van der Waals surface area contributed by atoms with E-state index in [2.05, 4.69) is 114 Å². The highest BCUT2D eigenvalue weighted by Gasteiger charge is 2.10. The van der Waals surface area contributed by atoms with Crippen LogP contribution < -0.4 is 10.6 Å². The predicted molar refractivity (Wildman–Crippen MR) is 147 cm³/mol. The van der Waals surface area contributed by atoms with Gasteiger partial charge < -0.3 is 10.6 Å². The fraction of sp³-hybridized carbons (Fsp3) is 0. The van der Waals surface area contributed by atoms with Gasteiger partial charge in [-0.25, -0.2) is 0 Å². The summed E-state index contributed by atoms with van der Waals surface area (Å²) in [5, 5.41) is 7.15. The average molecular weight is 439 g/mol. The van der Waals surface area contributed by atoms with Crippen molar-refractivity contribution < 1.29 is 0 Å². The Labute approximate surface area is 201 Å². The third kappa shape index (κ3) is 5.25. The molecular weight excluding hydrogens is 412 g/mol. The van der Waals surface area contributed by atoms with Crippen LogP contribution in [0.15, 0.2) is 133 Å². The van der Waals surface area contributed by atoms with E-state index in [9.17, 15) is 0 Å². The van der Waals surface area contributed by atoms with Crippen LogP contribution in [-0.2, 0) is 0 Å². The van der Waals surface area contributed by atoms with Gasteiger partial charge in [0.15, 0.2) is 0 Å². The zero-order chi connectivity index (χ0) is 23.0. The van der Waals surface area contributed by atoms with Crippen molar-refractivity contribution in [1.82, 2.24) is 0 Å². The smallest absolute Gasteiger partial charge is 0.0484 e. The molecule has 0 atom stereocenters. The number of benzene rings is 5. The normalized spacial score (nSPS) is 10.8. The highest BCUT2D eigenvalue weighted by atomic mass is 14.9. The maximum atomic E-state index is 3.63. The van der Waals surface area contributed by atoms with Crippen LogP contribution >= 0.6 is 0 Å². The Balaban J connectivity index is 1.55. The summed E-state index contributed by atoms with van der Waals surface area (Å²) in [6.07, 6.45) is 4.35. The molecule has 0 aromatic heterocycles. The maximum absolute atomic E-state index is 3.63. The number of anilines is 4. The van der Waals surface area contributed by atoms with Gasteiger partial charge >= 0.3 is 0 Å². The van der Waals surface area contributed by atoms with Gasteiger partial charge in [0.1, 0.15) is 0 Å². The molecule has 0 fully saturated rings. The molecule has 0 amide bonds. The second-order valence-corrected chi connectivity index (χ2v) is 8.07. The number of hydrogen-bond acceptors (Lipinski definition) is 2. The average Bonchev–Trinajstić information content (AvgIpc) is 2.90. The van der Waals surface area contributed by atoms with E-state index in [1.165, 1.54) is 16.7 Å². The molecule has 0 unspecified atom stereocenters. The van der Waals surface area contributed by atoms with Crippen molar-refractivity contribution in [3.8, 4) is 11.1 Å². The van der Waals surface area contributed by atoms with Gasteiger partial charge in [0.05, 0.1) is 0 Å². The van der Waals surface area contributed by atoms with Crippen molar-refractivity contribution in [3.05, 3.63) is 145 Å². The summed E-state index contributed by atoms with van der Waals surface area (Å²) in [6.45, 7) is 0. The van der Waals surface area contributed by atoms with Crippen LogP contribution in [0.5, 0.6) is 0 Å². The van der Waals surface area contributed by atoms with Gasteiger partial charge in [-0.1, -0.05) is 109 Å². The van der Waals surface area contributed by atoms with Crippen LogP contribution in [0, 0.1) is 0 Å². The van der Waals surface area contributed by atoms with Gasteiger partial charge in [0.2, 0.25) is 0 Å². The van der Waals surface area contributed by atoms with Crippen molar-refractivity contribution in [1.29, 1.82) is 0 Å². The molecule has 2 heteroatoms. The third-order valence-electron chi connectivity index (χ3n) is 5.64.